The maximum absolute atomic E-state index is 13.7. The summed E-state index contributed by atoms with van der Waals surface area (Å²) in [7, 11) is 0. The lowest BCUT2D eigenvalue weighted by atomic mass is 10.3. The quantitative estimate of drug-likeness (QED) is 0.663. The molecule has 0 aliphatic carbocycles. The van der Waals surface area contributed by atoms with Gasteiger partial charge >= 0.3 is 0 Å². The van der Waals surface area contributed by atoms with Gasteiger partial charge in [-0.1, -0.05) is 15.9 Å². The van der Waals surface area contributed by atoms with Crippen molar-refractivity contribution in [1.82, 2.24) is 14.4 Å². The molecule has 3 rings (SSSR count). The molecular formula is C12H6Br2FN3O. The third kappa shape index (κ3) is 2.48. The minimum atomic E-state index is -0.463. The molecule has 96 valence electrons. The zero-order valence-electron chi connectivity index (χ0n) is 9.35. The predicted molar refractivity (Wildman–Crippen MR) is 74.9 cm³/mol. The van der Waals surface area contributed by atoms with Gasteiger partial charge in [0.05, 0.1) is 0 Å². The van der Waals surface area contributed by atoms with E-state index in [0.717, 1.165) is 4.47 Å². The summed E-state index contributed by atoms with van der Waals surface area (Å²) in [4.78, 5) is 8.30. The molecule has 0 spiro atoms. The van der Waals surface area contributed by atoms with Crippen LogP contribution < -0.4 is 4.74 Å². The first kappa shape index (κ1) is 12.6. The largest absolute Gasteiger partial charge is 0.433 e. The molecule has 0 radical (unpaired) electrons. The van der Waals surface area contributed by atoms with Gasteiger partial charge in [0.2, 0.25) is 5.65 Å². The molecule has 2 aromatic heterocycles. The maximum Gasteiger partial charge on any atom is 0.265 e. The van der Waals surface area contributed by atoms with Crippen LogP contribution in [-0.2, 0) is 0 Å². The number of rotatable bonds is 2. The lowest BCUT2D eigenvalue weighted by Crippen LogP contribution is -1.96. The summed E-state index contributed by atoms with van der Waals surface area (Å²) in [6.07, 6.45) is 5.12. The second-order valence-corrected chi connectivity index (χ2v) is 5.43. The number of aromatic nitrogens is 3. The topological polar surface area (TPSA) is 39.4 Å². The molecule has 2 heterocycles. The van der Waals surface area contributed by atoms with Crippen molar-refractivity contribution >= 4 is 37.5 Å². The van der Waals surface area contributed by atoms with Crippen molar-refractivity contribution in [2.75, 3.05) is 0 Å². The van der Waals surface area contributed by atoms with Crippen LogP contribution in [0.5, 0.6) is 11.6 Å². The third-order valence-electron chi connectivity index (χ3n) is 2.41. The maximum atomic E-state index is 13.7. The van der Waals surface area contributed by atoms with Crippen molar-refractivity contribution in [3.63, 3.8) is 0 Å². The summed E-state index contributed by atoms with van der Waals surface area (Å²) in [5.41, 5.74) is 0.516. The number of hydrogen-bond acceptors (Lipinski definition) is 3. The average Bonchev–Trinajstić information content (AvgIpc) is 2.82. The normalized spacial score (nSPS) is 10.9. The number of halogens is 3. The van der Waals surface area contributed by atoms with Gasteiger partial charge in [-0.15, -0.1) is 0 Å². The molecule has 0 fully saturated rings. The molecule has 0 aliphatic heterocycles. The van der Waals surface area contributed by atoms with Gasteiger partial charge in [-0.3, -0.25) is 4.40 Å². The van der Waals surface area contributed by atoms with Crippen molar-refractivity contribution in [3.05, 3.63) is 51.7 Å². The van der Waals surface area contributed by atoms with Gasteiger partial charge in [0, 0.05) is 23.1 Å². The van der Waals surface area contributed by atoms with Crippen molar-refractivity contribution in [1.29, 1.82) is 0 Å². The molecule has 0 aliphatic rings. The van der Waals surface area contributed by atoms with E-state index in [1.807, 2.05) is 0 Å². The van der Waals surface area contributed by atoms with E-state index in [4.69, 9.17) is 4.74 Å². The monoisotopic (exact) mass is 385 g/mol. The number of benzene rings is 1. The van der Waals surface area contributed by atoms with E-state index in [0.29, 0.717) is 10.3 Å². The van der Waals surface area contributed by atoms with Gasteiger partial charge in [-0.25, -0.2) is 14.4 Å². The minimum Gasteiger partial charge on any atom is -0.433 e. The molecule has 3 aromatic rings. The molecule has 19 heavy (non-hydrogen) atoms. The number of nitrogens with zero attached hydrogens (tertiary/aromatic N) is 3. The highest BCUT2D eigenvalue weighted by atomic mass is 79.9. The van der Waals surface area contributed by atoms with Gasteiger partial charge in [-0.2, -0.15) is 0 Å². The van der Waals surface area contributed by atoms with E-state index in [9.17, 15) is 4.39 Å². The lowest BCUT2D eigenvalue weighted by molar-refractivity contribution is 0.428. The Balaban J connectivity index is 2.10. The Morgan fingerprint density at radius 1 is 1.26 bits per heavy atom. The number of ether oxygens (including phenoxy) is 1. The number of hydrogen-bond donors (Lipinski definition) is 0. The van der Waals surface area contributed by atoms with Crippen LogP contribution in [0.15, 0.2) is 45.9 Å². The van der Waals surface area contributed by atoms with Crippen LogP contribution in [0.25, 0.3) is 5.65 Å². The molecule has 0 unspecified atom stereocenters. The fraction of sp³-hybridized carbons (Fsp3) is 0. The highest BCUT2D eigenvalue weighted by Crippen LogP contribution is 2.29. The standard InChI is InChI=1S/C12H6Br2FN3O/c13-7-1-2-8(15)9(5-7)19-12-11-16-3-4-18(11)6-10(14)17-12/h1-6H. The van der Waals surface area contributed by atoms with Crippen LogP contribution >= 0.6 is 31.9 Å². The van der Waals surface area contributed by atoms with Gasteiger partial charge in [0.15, 0.2) is 11.6 Å². The highest BCUT2D eigenvalue weighted by molar-refractivity contribution is 9.10. The molecule has 0 bridgehead atoms. The Kier molecular flexibility index (Phi) is 3.24. The minimum absolute atomic E-state index is 0.0878. The summed E-state index contributed by atoms with van der Waals surface area (Å²) >= 11 is 6.54. The number of fused-ring (bicyclic) bond motifs is 1. The van der Waals surface area contributed by atoms with Gasteiger partial charge < -0.3 is 4.74 Å². The van der Waals surface area contributed by atoms with Crippen LogP contribution in [0.4, 0.5) is 4.39 Å². The van der Waals surface area contributed by atoms with Crippen LogP contribution in [0.1, 0.15) is 0 Å². The molecule has 4 nitrogen and oxygen atoms in total. The van der Waals surface area contributed by atoms with E-state index >= 15 is 0 Å². The molecule has 0 saturated carbocycles. The molecule has 7 heteroatoms. The summed E-state index contributed by atoms with van der Waals surface area (Å²) < 4.78 is 22.2. The fourth-order valence-corrected chi connectivity index (χ4v) is 2.32. The van der Waals surface area contributed by atoms with E-state index in [2.05, 4.69) is 41.8 Å². The Morgan fingerprint density at radius 2 is 2.11 bits per heavy atom. The van der Waals surface area contributed by atoms with Crippen LogP contribution in [0.3, 0.4) is 0 Å². The number of imidazole rings is 1. The van der Waals surface area contributed by atoms with Gasteiger partial charge in [0.25, 0.3) is 5.88 Å². The van der Waals surface area contributed by atoms with E-state index in [-0.39, 0.29) is 11.6 Å². The highest BCUT2D eigenvalue weighted by Gasteiger charge is 2.12. The zero-order chi connectivity index (χ0) is 13.4. The summed E-state index contributed by atoms with van der Waals surface area (Å²) in [6, 6.07) is 4.46. The van der Waals surface area contributed by atoms with E-state index in [1.165, 1.54) is 12.1 Å². The summed E-state index contributed by atoms with van der Waals surface area (Å²) in [5, 5.41) is 0. The average molecular weight is 387 g/mol. The lowest BCUT2D eigenvalue weighted by Gasteiger charge is -2.07. The molecule has 0 saturated heterocycles. The van der Waals surface area contributed by atoms with Crippen LogP contribution in [0, 0.1) is 5.82 Å². The molecular weight excluding hydrogens is 381 g/mol. The molecule has 0 amide bonds. The summed E-state index contributed by atoms with van der Waals surface area (Å²) in [5.74, 6) is -0.143. The zero-order valence-corrected chi connectivity index (χ0v) is 12.5. The smallest absolute Gasteiger partial charge is 0.265 e. The Bertz CT molecular complexity index is 760. The van der Waals surface area contributed by atoms with Gasteiger partial charge in [-0.05, 0) is 34.1 Å². The van der Waals surface area contributed by atoms with Crippen molar-refractivity contribution in [2.45, 2.75) is 0 Å². The molecule has 0 atom stereocenters. The predicted octanol–water partition coefficient (Wildman–Crippen LogP) is 4.19. The summed E-state index contributed by atoms with van der Waals surface area (Å²) in [6.45, 7) is 0. The molecule has 0 N–H and O–H groups in total. The Labute approximate surface area is 124 Å². The van der Waals surface area contributed by atoms with Crippen LogP contribution in [0.2, 0.25) is 0 Å². The second kappa shape index (κ2) is 4.90. The first-order chi connectivity index (χ1) is 9.13. The fourth-order valence-electron chi connectivity index (χ4n) is 1.60. The molecule has 1 aromatic carbocycles. The van der Waals surface area contributed by atoms with Crippen molar-refractivity contribution in [2.24, 2.45) is 0 Å². The first-order valence-corrected chi connectivity index (χ1v) is 6.84. The SMILES string of the molecule is Fc1ccc(Br)cc1Oc1nc(Br)cn2ccnc12. The Hall–Kier alpha value is -1.47. The third-order valence-corrected chi connectivity index (χ3v) is 3.29. The van der Waals surface area contributed by atoms with Crippen molar-refractivity contribution in [3.8, 4) is 11.6 Å². The van der Waals surface area contributed by atoms with Crippen molar-refractivity contribution < 1.29 is 9.13 Å². The first-order valence-electron chi connectivity index (χ1n) is 5.25. The Morgan fingerprint density at radius 3 is 2.95 bits per heavy atom. The van der Waals surface area contributed by atoms with E-state index < -0.39 is 5.82 Å². The second-order valence-electron chi connectivity index (χ2n) is 3.70. The van der Waals surface area contributed by atoms with E-state index in [1.54, 1.807) is 29.1 Å². The van der Waals surface area contributed by atoms with Crippen LogP contribution in [-0.4, -0.2) is 14.4 Å². The van der Waals surface area contributed by atoms with Gasteiger partial charge in [0.1, 0.15) is 4.60 Å².